The Balaban J connectivity index is 2.15. The molecule has 0 spiro atoms. The Labute approximate surface area is 139 Å². The number of methoxy groups -OCH3 is 1. The molecule has 0 bridgehead atoms. The molecule has 0 aliphatic heterocycles. The van der Waals surface area contributed by atoms with Crippen molar-refractivity contribution in [3.8, 4) is 0 Å². The van der Waals surface area contributed by atoms with Gasteiger partial charge in [-0.15, -0.1) is 0 Å². The fraction of sp³-hybridized carbons (Fsp3) is 0.353. The van der Waals surface area contributed by atoms with Gasteiger partial charge in [0.25, 0.3) is 0 Å². The van der Waals surface area contributed by atoms with E-state index < -0.39 is 24.0 Å². The van der Waals surface area contributed by atoms with Gasteiger partial charge < -0.3 is 20.4 Å². The second-order valence-corrected chi connectivity index (χ2v) is 5.57. The van der Waals surface area contributed by atoms with Gasteiger partial charge in [0.2, 0.25) is 11.8 Å². The SMILES string of the molecule is COC(=O)C(Cc1c[nH]c2ccccc12)NC(=O)C(C)NC(C)=O. The van der Waals surface area contributed by atoms with E-state index in [4.69, 9.17) is 4.74 Å². The molecule has 128 valence electrons. The molecule has 0 aliphatic carbocycles. The molecular formula is C17H21N3O4. The molecular weight excluding hydrogens is 310 g/mol. The Bertz CT molecular complexity index is 753. The number of para-hydroxylation sites is 1. The molecule has 2 unspecified atom stereocenters. The highest BCUT2D eigenvalue weighted by Crippen LogP contribution is 2.19. The highest BCUT2D eigenvalue weighted by atomic mass is 16.5. The largest absolute Gasteiger partial charge is 0.467 e. The number of rotatable bonds is 6. The van der Waals surface area contributed by atoms with E-state index in [2.05, 4.69) is 15.6 Å². The van der Waals surface area contributed by atoms with Crippen molar-refractivity contribution in [3.05, 3.63) is 36.0 Å². The topological polar surface area (TPSA) is 100 Å². The predicted octanol–water partition coefficient (Wildman–Crippen LogP) is 0.893. The average Bonchev–Trinajstić information content (AvgIpc) is 2.96. The summed E-state index contributed by atoms with van der Waals surface area (Å²) in [6.07, 6.45) is 2.10. The van der Waals surface area contributed by atoms with Crippen molar-refractivity contribution in [1.29, 1.82) is 0 Å². The Morgan fingerprint density at radius 3 is 2.58 bits per heavy atom. The summed E-state index contributed by atoms with van der Waals surface area (Å²) in [7, 11) is 1.27. The molecule has 2 rings (SSSR count). The fourth-order valence-electron chi connectivity index (χ4n) is 2.52. The smallest absolute Gasteiger partial charge is 0.328 e. The van der Waals surface area contributed by atoms with Gasteiger partial charge in [0.05, 0.1) is 7.11 Å². The van der Waals surface area contributed by atoms with Gasteiger partial charge in [-0.3, -0.25) is 9.59 Å². The Morgan fingerprint density at radius 1 is 1.21 bits per heavy atom. The molecule has 2 aromatic rings. The van der Waals surface area contributed by atoms with Crippen LogP contribution in [0.3, 0.4) is 0 Å². The van der Waals surface area contributed by atoms with Crippen LogP contribution in [0.2, 0.25) is 0 Å². The summed E-state index contributed by atoms with van der Waals surface area (Å²) in [6, 6.07) is 6.12. The molecule has 24 heavy (non-hydrogen) atoms. The summed E-state index contributed by atoms with van der Waals surface area (Å²) < 4.78 is 4.78. The fourth-order valence-corrected chi connectivity index (χ4v) is 2.52. The molecule has 7 heteroatoms. The number of hydrogen-bond acceptors (Lipinski definition) is 4. The summed E-state index contributed by atoms with van der Waals surface area (Å²) in [5.41, 5.74) is 1.85. The van der Waals surface area contributed by atoms with E-state index in [1.165, 1.54) is 14.0 Å². The number of aromatic nitrogens is 1. The zero-order valence-corrected chi connectivity index (χ0v) is 13.9. The van der Waals surface area contributed by atoms with Gasteiger partial charge in [0.1, 0.15) is 12.1 Å². The Morgan fingerprint density at radius 2 is 1.92 bits per heavy atom. The maximum atomic E-state index is 12.2. The number of benzene rings is 1. The molecule has 0 aliphatic rings. The quantitative estimate of drug-likeness (QED) is 0.685. The van der Waals surface area contributed by atoms with E-state index in [1.807, 2.05) is 30.5 Å². The second kappa shape index (κ2) is 7.63. The van der Waals surface area contributed by atoms with Crippen LogP contribution in [0.5, 0.6) is 0 Å². The van der Waals surface area contributed by atoms with E-state index >= 15 is 0 Å². The summed E-state index contributed by atoms with van der Waals surface area (Å²) in [6.45, 7) is 2.88. The molecule has 1 heterocycles. The van der Waals surface area contributed by atoms with Crippen molar-refractivity contribution < 1.29 is 19.1 Å². The van der Waals surface area contributed by atoms with Gasteiger partial charge in [-0.2, -0.15) is 0 Å². The van der Waals surface area contributed by atoms with Gasteiger partial charge >= 0.3 is 5.97 Å². The van der Waals surface area contributed by atoms with Crippen molar-refractivity contribution in [3.63, 3.8) is 0 Å². The maximum absolute atomic E-state index is 12.2. The lowest BCUT2D eigenvalue weighted by Crippen LogP contribution is -2.51. The molecule has 2 atom stereocenters. The predicted molar refractivity (Wildman–Crippen MR) is 89.2 cm³/mol. The zero-order chi connectivity index (χ0) is 17.7. The molecule has 0 radical (unpaired) electrons. The molecule has 1 aromatic carbocycles. The van der Waals surface area contributed by atoms with E-state index in [0.29, 0.717) is 0 Å². The number of hydrogen-bond donors (Lipinski definition) is 3. The van der Waals surface area contributed by atoms with Crippen molar-refractivity contribution in [1.82, 2.24) is 15.6 Å². The third kappa shape index (κ3) is 4.13. The summed E-state index contributed by atoms with van der Waals surface area (Å²) >= 11 is 0. The Kier molecular flexibility index (Phi) is 5.57. The van der Waals surface area contributed by atoms with Gasteiger partial charge in [0, 0.05) is 30.4 Å². The number of carbonyl (C=O) groups excluding carboxylic acids is 3. The molecule has 7 nitrogen and oxygen atoms in total. The van der Waals surface area contributed by atoms with Gasteiger partial charge in [0.15, 0.2) is 0 Å². The number of nitrogens with one attached hydrogen (secondary N) is 3. The van der Waals surface area contributed by atoms with Crippen molar-refractivity contribution in [2.45, 2.75) is 32.4 Å². The number of amides is 2. The second-order valence-electron chi connectivity index (χ2n) is 5.57. The monoisotopic (exact) mass is 331 g/mol. The minimum atomic E-state index is -0.835. The van der Waals surface area contributed by atoms with Crippen LogP contribution in [0.25, 0.3) is 10.9 Å². The third-order valence-electron chi connectivity index (χ3n) is 3.71. The lowest BCUT2D eigenvalue weighted by atomic mass is 10.0. The van der Waals surface area contributed by atoms with E-state index in [1.54, 1.807) is 6.92 Å². The molecule has 2 amide bonds. The van der Waals surface area contributed by atoms with Crippen molar-refractivity contribution >= 4 is 28.7 Å². The van der Waals surface area contributed by atoms with Crippen LogP contribution in [0.15, 0.2) is 30.5 Å². The highest BCUT2D eigenvalue weighted by Gasteiger charge is 2.25. The highest BCUT2D eigenvalue weighted by molar-refractivity contribution is 5.91. The first-order chi connectivity index (χ1) is 11.4. The number of carbonyl (C=O) groups is 3. The summed E-state index contributed by atoms with van der Waals surface area (Å²) in [5, 5.41) is 6.10. The van der Waals surface area contributed by atoms with Crippen LogP contribution in [0.1, 0.15) is 19.4 Å². The number of aromatic amines is 1. The molecule has 1 aromatic heterocycles. The number of esters is 1. The van der Waals surface area contributed by atoms with Crippen LogP contribution >= 0.6 is 0 Å². The summed E-state index contributed by atoms with van der Waals surface area (Å²) in [4.78, 5) is 38.4. The minimum Gasteiger partial charge on any atom is -0.467 e. The van der Waals surface area contributed by atoms with Crippen LogP contribution < -0.4 is 10.6 Å². The van der Waals surface area contributed by atoms with E-state index in [9.17, 15) is 14.4 Å². The van der Waals surface area contributed by atoms with Crippen LogP contribution in [-0.2, 0) is 25.5 Å². The van der Waals surface area contributed by atoms with Gasteiger partial charge in [-0.1, -0.05) is 18.2 Å². The molecule has 0 saturated carbocycles. The van der Waals surface area contributed by atoms with Gasteiger partial charge in [-0.05, 0) is 18.6 Å². The lowest BCUT2D eigenvalue weighted by Gasteiger charge is -2.19. The Hall–Kier alpha value is -2.83. The maximum Gasteiger partial charge on any atom is 0.328 e. The summed E-state index contributed by atoms with van der Waals surface area (Å²) in [5.74, 6) is -1.30. The first-order valence-corrected chi connectivity index (χ1v) is 7.62. The molecule has 0 saturated heterocycles. The lowest BCUT2D eigenvalue weighted by molar-refractivity contribution is -0.145. The number of ether oxygens (including phenoxy) is 1. The third-order valence-corrected chi connectivity index (χ3v) is 3.71. The first kappa shape index (κ1) is 17.5. The zero-order valence-electron chi connectivity index (χ0n) is 13.9. The number of H-pyrrole nitrogens is 1. The van der Waals surface area contributed by atoms with Crippen LogP contribution in [-0.4, -0.2) is 42.0 Å². The molecule has 3 N–H and O–H groups in total. The van der Waals surface area contributed by atoms with Gasteiger partial charge in [-0.25, -0.2) is 4.79 Å². The van der Waals surface area contributed by atoms with Crippen LogP contribution in [0, 0.1) is 0 Å². The minimum absolute atomic E-state index is 0.287. The average molecular weight is 331 g/mol. The number of fused-ring (bicyclic) bond motifs is 1. The van der Waals surface area contributed by atoms with E-state index in [0.717, 1.165) is 16.5 Å². The normalized spacial score (nSPS) is 13.1. The standard InChI is InChI=1S/C17H21N3O4/c1-10(19-11(2)21)16(22)20-15(17(23)24-3)8-12-9-18-14-7-5-4-6-13(12)14/h4-7,9-10,15,18H,8H2,1-3H3,(H,19,21)(H,20,22). The van der Waals surface area contributed by atoms with Crippen molar-refractivity contribution in [2.24, 2.45) is 0 Å². The first-order valence-electron chi connectivity index (χ1n) is 7.62. The van der Waals surface area contributed by atoms with E-state index in [-0.39, 0.29) is 12.3 Å². The van der Waals surface area contributed by atoms with Crippen molar-refractivity contribution in [2.75, 3.05) is 7.11 Å². The van der Waals surface area contributed by atoms with Crippen LogP contribution in [0.4, 0.5) is 0 Å². The molecule has 0 fully saturated rings.